The summed E-state index contributed by atoms with van der Waals surface area (Å²) in [5.74, 6) is 0. The summed E-state index contributed by atoms with van der Waals surface area (Å²) in [6, 6.07) is 32.8. The topological polar surface area (TPSA) is 12.9 Å². The second kappa shape index (κ2) is 8.93. The first-order valence-electron chi connectivity index (χ1n) is 9.51. The molecular weight excluding hydrogens is 380 g/mol. The third-order valence-corrected chi connectivity index (χ3v) is 8.07. The van der Waals surface area contributed by atoms with Crippen LogP contribution in [0, 0.1) is 0 Å². The lowest BCUT2D eigenvalue weighted by molar-refractivity contribution is 0.141. The molecule has 0 saturated carbocycles. The minimum Gasteiger partial charge on any atom is -0.256 e. The summed E-state index contributed by atoms with van der Waals surface area (Å²) >= 11 is 0. The van der Waals surface area contributed by atoms with Crippen LogP contribution < -0.4 is 10.4 Å². The predicted molar refractivity (Wildman–Crippen MR) is 116 cm³/mol. The fourth-order valence-corrected chi connectivity index (χ4v) is 6.48. The molecule has 0 spiro atoms. The van der Waals surface area contributed by atoms with Gasteiger partial charge in [-0.3, -0.25) is 4.98 Å². The Balaban J connectivity index is 1.77. The van der Waals surface area contributed by atoms with E-state index < -0.39 is 20.8 Å². The molecule has 143 valence electrons. The lowest BCUT2D eigenvalue weighted by atomic mass is 10.1. The SMILES string of the molecule is FC(F)[C@H](c1ccc(-c2ccccc2)nc1)[Si](c1ccccc1)c1ccccc1. The molecule has 0 bridgehead atoms. The number of hydrogen-bond donors (Lipinski definition) is 0. The van der Waals surface area contributed by atoms with Crippen molar-refractivity contribution in [2.24, 2.45) is 0 Å². The van der Waals surface area contributed by atoms with Crippen LogP contribution in [0.5, 0.6) is 0 Å². The molecule has 0 aliphatic rings. The van der Waals surface area contributed by atoms with Crippen molar-refractivity contribution in [3.8, 4) is 11.3 Å². The molecule has 0 aliphatic carbocycles. The van der Waals surface area contributed by atoms with Gasteiger partial charge < -0.3 is 0 Å². The van der Waals surface area contributed by atoms with Gasteiger partial charge in [0.1, 0.15) is 8.80 Å². The second-order valence-corrected chi connectivity index (χ2v) is 9.40. The highest BCUT2D eigenvalue weighted by molar-refractivity contribution is 6.86. The Morgan fingerprint density at radius 2 is 1.14 bits per heavy atom. The van der Waals surface area contributed by atoms with Gasteiger partial charge in [0, 0.05) is 17.3 Å². The molecular formula is C25H20F2NSi. The summed E-state index contributed by atoms with van der Waals surface area (Å²) in [6.07, 6.45) is -0.857. The van der Waals surface area contributed by atoms with E-state index >= 15 is 0 Å². The lowest BCUT2D eigenvalue weighted by Gasteiger charge is -2.26. The molecule has 0 fully saturated rings. The van der Waals surface area contributed by atoms with Crippen molar-refractivity contribution in [3.63, 3.8) is 0 Å². The maximum atomic E-state index is 14.4. The summed E-state index contributed by atoms with van der Waals surface area (Å²) < 4.78 is 28.9. The smallest absolute Gasteiger partial charge is 0.243 e. The first-order valence-corrected chi connectivity index (χ1v) is 11.1. The maximum absolute atomic E-state index is 14.4. The van der Waals surface area contributed by atoms with Crippen LogP contribution in [0.1, 0.15) is 11.1 Å². The average Bonchev–Trinajstić information content (AvgIpc) is 2.79. The van der Waals surface area contributed by atoms with Gasteiger partial charge in [0.25, 0.3) is 0 Å². The number of aromatic nitrogens is 1. The third kappa shape index (κ3) is 4.33. The Labute approximate surface area is 171 Å². The summed E-state index contributed by atoms with van der Waals surface area (Å²) in [6.45, 7) is 0. The molecule has 0 aliphatic heterocycles. The van der Waals surface area contributed by atoms with Crippen LogP contribution in [-0.4, -0.2) is 20.2 Å². The zero-order valence-electron chi connectivity index (χ0n) is 15.8. The van der Waals surface area contributed by atoms with Gasteiger partial charge in [-0.15, -0.1) is 0 Å². The van der Waals surface area contributed by atoms with Crippen LogP contribution in [0.2, 0.25) is 0 Å². The van der Waals surface area contributed by atoms with E-state index in [9.17, 15) is 8.78 Å². The molecule has 0 N–H and O–H groups in total. The number of hydrogen-bond acceptors (Lipinski definition) is 1. The van der Waals surface area contributed by atoms with Crippen molar-refractivity contribution >= 4 is 19.2 Å². The number of pyridine rings is 1. The minimum absolute atomic E-state index is 0.585. The quantitative estimate of drug-likeness (QED) is 0.418. The van der Waals surface area contributed by atoms with Gasteiger partial charge >= 0.3 is 0 Å². The molecule has 1 heterocycles. The Morgan fingerprint density at radius 3 is 1.59 bits per heavy atom. The zero-order chi connectivity index (χ0) is 20.1. The van der Waals surface area contributed by atoms with Crippen LogP contribution in [0.3, 0.4) is 0 Å². The molecule has 1 nitrogen and oxygen atoms in total. The maximum Gasteiger partial charge on any atom is 0.243 e. The second-order valence-electron chi connectivity index (χ2n) is 6.80. The van der Waals surface area contributed by atoms with Gasteiger partial charge in [-0.2, -0.15) is 0 Å². The molecule has 4 aromatic rings. The Bertz CT molecular complexity index is 983. The van der Waals surface area contributed by atoms with Crippen LogP contribution in [0.25, 0.3) is 11.3 Å². The van der Waals surface area contributed by atoms with Crippen LogP contribution in [0.4, 0.5) is 8.78 Å². The van der Waals surface area contributed by atoms with E-state index in [0.717, 1.165) is 21.6 Å². The van der Waals surface area contributed by atoms with E-state index in [1.54, 1.807) is 6.20 Å². The van der Waals surface area contributed by atoms with Crippen molar-refractivity contribution in [1.29, 1.82) is 0 Å². The fraction of sp³-hybridized carbons (Fsp3) is 0.0800. The molecule has 4 heteroatoms. The molecule has 1 radical (unpaired) electrons. The van der Waals surface area contributed by atoms with Crippen molar-refractivity contribution in [3.05, 3.63) is 115 Å². The van der Waals surface area contributed by atoms with E-state index in [4.69, 9.17) is 0 Å². The summed E-state index contributed by atoms with van der Waals surface area (Å²) in [4.78, 5) is 4.50. The van der Waals surface area contributed by atoms with Gasteiger partial charge in [0.2, 0.25) is 6.43 Å². The number of nitrogens with zero attached hydrogens (tertiary/aromatic N) is 1. The van der Waals surface area contributed by atoms with E-state index in [1.807, 2.05) is 103 Å². The van der Waals surface area contributed by atoms with E-state index in [1.165, 1.54) is 0 Å². The molecule has 4 rings (SSSR count). The summed E-state index contributed by atoms with van der Waals surface area (Å²) in [5, 5.41) is 1.95. The number of halogens is 2. The van der Waals surface area contributed by atoms with Gasteiger partial charge in [-0.25, -0.2) is 8.78 Å². The predicted octanol–water partition coefficient (Wildman–Crippen LogP) is 4.95. The largest absolute Gasteiger partial charge is 0.256 e. The third-order valence-electron chi connectivity index (χ3n) is 4.95. The molecule has 3 aromatic carbocycles. The highest BCUT2D eigenvalue weighted by atomic mass is 28.3. The van der Waals surface area contributed by atoms with Gasteiger partial charge in [-0.05, 0) is 11.6 Å². The van der Waals surface area contributed by atoms with Gasteiger partial charge in [-0.1, -0.05) is 107 Å². The van der Waals surface area contributed by atoms with Gasteiger partial charge in [0.05, 0.1) is 5.69 Å². The molecule has 29 heavy (non-hydrogen) atoms. The molecule has 1 aromatic heterocycles. The highest BCUT2D eigenvalue weighted by Gasteiger charge is 2.35. The van der Waals surface area contributed by atoms with Gasteiger partial charge in [0.15, 0.2) is 0 Å². The summed E-state index contributed by atoms with van der Waals surface area (Å²) in [7, 11) is -1.76. The Kier molecular flexibility index (Phi) is 5.91. The molecule has 0 saturated heterocycles. The average molecular weight is 401 g/mol. The highest BCUT2D eigenvalue weighted by Crippen LogP contribution is 2.27. The van der Waals surface area contributed by atoms with E-state index in [2.05, 4.69) is 4.98 Å². The van der Waals surface area contributed by atoms with E-state index in [-0.39, 0.29) is 0 Å². The monoisotopic (exact) mass is 400 g/mol. The van der Waals surface area contributed by atoms with Crippen LogP contribution in [-0.2, 0) is 0 Å². The first-order chi connectivity index (χ1) is 14.2. The van der Waals surface area contributed by atoms with Crippen LogP contribution >= 0.6 is 0 Å². The fourth-order valence-electron chi connectivity index (χ4n) is 3.57. The molecule has 1 atom stereocenters. The minimum atomic E-state index is -2.48. The van der Waals surface area contributed by atoms with Crippen molar-refractivity contribution in [2.45, 2.75) is 12.0 Å². The lowest BCUT2D eigenvalue weighted by Crippen LogP contribution is -2.49. The van der Waals surface area contributed by atoms with Crippen molar-refractivity contribution in [2.75, 3.05) is 0 Å². The van der Waals surface area contributed by atoms with Crippen molar-refractivity contribution in [1.82, 2.24) is 4.98 Å². The van der Waals surface area contributed by atoms with Crippen molar-refractivity contribution < 1.29 is 8.78 Å². The Morgan fingerprint density at radius 1 is 0.621 bits per heavy atom. The van der Waals surface area contributed by atoms with Crippen LogP contribution in [0.15, 0.2) is 109 Å². The number of rotatable bonds is 6. The summed E-state index contributed by atoms with van der Waals surface area (Å²) in [5.41, 5.74) is 1.46. The number of alkyl halides is 2. The molecule has 0 unspecified atom stereocenters. The Hall–Kier alpha value is -3.11. The first kappa shape index (κ1) is 19.2. The van der Waals surface area contributed by atoms with E-state index in [0.29, 0.717) is 5.56 Å². The zero-order valence-corrected chi connectivity index (χ0v) is 16.8. The number of benzene rings is 3. The standard InChI is InChI=1S/C25H20F2NSi/c26-25(27)24(20-16-17-23(28-18-20)19-10-4-1-5-11-19)29(21-12-6-2-7-13-21)22-14-8-3-9-15-22/h1-18,24-25H/t24-/m0/s1. The normalized spacial score (nSPS) is 12.3. The molecule has 0 amide bonds.